The average molecular weight is 163 g/mol. The summed E-state index contributed by atoms with van der Waals surface area (Å²) in [6, 6.07) is 0. The second-order valence-electron chi connectivity index (χ2n) is 0.933. The Hall–Kier alpha value is -0.427. The van der Waals surface area contributed by atoms with Crippen molar-refractivity contribution in [1.82, 2.24) is 0 Å². The van der Waals surface area contributed by atoms with Crippen LogP contribution in [0.5, 0.6) is 0 Å². The molecule has 0 aliphatic carbocycles. The van der Waals surface area contributed by atoms with Crippen molar-refractivity contribution < 1.29 is 29.4 Å². The molecule has 0 spiro atoms. The van der Waals surface area contributed by atoms with Crippen LogP contribution in [0.4, 0.5) is 0 Å². The largest absolute Gasteiger partial charge is 0.478 e. The summed E-state index contributed by atoms with van der Waals surface area (Å²) in [5.74, 6) is -0.945. The minimum absolute atomic E-state index is 0. The first-order valence-corrected chi connectivity index (χ1v) is 1.79. The van der Waals surface area contributed by atoms with Crippen molar-refractivity contribution >= 4 is 5.97 Å². The summed E-state index contributed by atoms with van der Waals surface area (Å²) >= 11 is 0. The van der Waals surface area contributed by atoms with Gasteiger partial charge in [-0.05, 0) is 0 Å². The smallest absolute Gasteiger partial charge is 0.328 e. The van der Waals surface area contributed by atoms with Gasteiger partial charge in [-0.3, -0.25) is 0 Å². The molecule has 0 atom stereocenters. The van der Waals surface area contributed by atoms with Crippen LogP contribution in [0.1, 0.15) is 0 Å². The molecular weight excluding hydrogens is 157 g/mol. The van der Waals surface area contributed by atoms with Gasteiger partial charge in [0.05, 0.1) is 0 Å². The Morgan fingerprint density at radius 1 is 1.62 bits per heavy atom. The predicted octanol–water partition coefficient (Wildman–Crippen LogP) is 0.811. The van der Waals surface area contributed by atoms with Gasteiger partial charge in [-0.25, -0.2) is 4.79 Å². The van der Waals surface area contributed by atoms with Gasteiger partial charge < -0.3 is 5.11 Å². The number of hydrogen-bond acceptors (Lipinski definition) is 1. The van der Waals surface area contributed by atoms with Crippen LogP contribution in [0, 0.1) is 0 Å². The second kappa shape index (κ2) is 6.57. The summed E-state index contributed by atoms with van der Waals surface area (Å²) < 4.78 is 0. The molecule has 0 aromatic heterocycles. The third kappa shape index (κ3) is 9.13. The van der Waals surface area contributed by atoms with E-state index in [-0.39, 0.29) is 19.5 Å². The number of carbonyl (C=O) groups is 1. The fraction of sp³-hybridized carbons (Fsp3) is 0. The third-order valence-electron chi connectivity index (χ3n) is 0.375. The molecule has 0 rings (SSSR count). The topological polar surface area (TPSA) is 37.3 Å². The molecule has 0 bridgehead atoms. The van der Waals surface area contributed by atoms with Gasteiger partial charge in [0.15, 0.2) is 0 Å². The van der Waals surface area contributed by atoms with E-state index in [0.29, 0.717) is 0 Å². The predicted molar refractivity (Wildman–Crippen MR) is 27.0 cm³/mol. The van der Waals surface area contributed by atoms with E-state index < -0.39 is 5.97 Å². The summed E-state index contributed by atoms with van der Waals surface area (Å²) in [6.07, 6.45) is 3.80. The molecule has 0 amide bonds. The molecule has 8 heavy (non-hydrogen) atoms. The van der Waals surface area contributed by atoms with Crippen molar-refractivity contribution in [2.45, 2.75) is 0 Å². The van der Waals surface area contributed by atoms with Crippen molar-refractivity contribution in [3.05, 3.63) is 24.8 Å². The van der Waals surface area contributed by atoms with Crippen LogP contribution >= 0.6 is 0 Å². The molecule has 1 N–H and O–H groups in total. The van der Waals surface area contributed by atoms with Gasteiger partial charge in [0.1, 0.15) is 0 Å². The molecule has 2 nitrogen and oxygen atoms in total. The van der Waals surface area contributed by atoms with Gasteiger partial charge in [-0.15, -0.1) is 0 Å². The van der Waals surface area contributed by atoms with Crippen molar-refractivity contribution in [3.63, 3.8) is 0 Å². The van der Waals surface area contributed by atoms with Gasteiger partial charge >= 0.3 is 5.97 Å². The van der Waals surface area contributed by atoms with Gasteiger partial charge in [-0.2, -0.15) is 0 Å². The fourth-order valence-electron chi connectivity index (χ4n) is 0.150. The monoisotopic (exact) mass is 162 g/mol. The maximum atomic E-state index is 9.62. The molecule has 0 unspecified atom stereocenters. The first-order valence-electron chi connectivity index (χ1n) is 1.79. The van der Waals surface area contributed by atoms with E-state index >= 15 is 0 Å². The van der Waals surface area contributed by atoms with Crippen LogP contribution in [0.3, 0.4) is 0 Å². The summed E-state index contributed by atoms with van der Waals surface area (Å²) in [5.41, 5.74) is 0. The number of allylic oxidation sites excluding steroid dienone is 2. The number of aliphatic carboxylic acids is 1. The Labute approximate surface area is 60.7 Å². The Morgan fingerprint density at radius 2 is 2.12 bits per heavy atom. The molecule has 0 aliphatic heterocycles. The van der Waals surface area contributed by atoms with E-state index in [1.54, 1.807) is 0 Å². The SMILES string of the molecule is C=CC=CC(=O)O.[Zn]. The Bertz CT molecular complexity index is 107. The van der Waals surface area contributed by atoms with E-state index in [1.807, 2.05) is 0 Å². The molecule has 0 saturated heterocycles. The van der Waals surface area contributed by atoms with Gasteiger partial charge in [0, 0.05) is 25.6 Å². The van der Waals surface area contributed by atoms with E-state index in [1.165, 1.54) is 12.2 Å². The maximum Gasteiger partial charge on any atom is 0.328 e. The molecule has 0 heterocycles. The molecule has 0 fully saturated rings. The average Bonchev–Trinajstić information content (AvgIpc) is 1.61. The van der Waals surface area contributed by atoms with Crippen molar-refractivity contribution in [1.29, 1.82) is 0 Å². The van der Waals surface area contributed by atoms with Crippen LogP contribution in [0.25, 0.3) is 0 Å². The molecule has 0 aromatic carbocycles. The fourth-order valence-corrected chi connectivity index (χ4v) is 0.150. The summed E-state index contributed by atoms with van der Waals surface area (Å²) in [7, 11) is 0. The quantitative estimate of drug-likeness (QED) is 0.372. The van der Waals surface area contributed by atoms with E-state index in [4.69, 9.17) is 5.11 Å². The minimum Gasteiger partial charge on any atom is -0.478 e. The van der Waals surface area contributed by atoms with Crippen LogP contribution in [-0.2, 0) is 24.3 Å². The molecular formula is C5H6O2Zn. The van der Waals surface area contributed by atoms with Gasteiger partial charge in [-0.1, -0.05) is 18.7 Å². The van der Waals surface area contributed by atoms with E-state index in [9.17, 15) is 4.79 Å². The standard InChI is InChI=1S/C5H6O2.Zn/c1-2-3-4-5(6)7;/h2-4H,1H2,(H,6,7);. The third-order valence-corrected chi connectivity index (χ3v) is 0.375. The first kappa shape index (κ1) is 10.5. The van der Waals surface area contributed by atoms with Crippen LogP contribution < -0.4 is 0 Å². The molecule has 0 aliphatic rings. The molecule has 0 radical (unpaired) electrons. The number of carboxylic acids is 1. The van der Waals surface area contributed by atoms with E-state index in [0.717, 1.165) is 6.08 Å². The zero-order valence-electron chi connectivity index (χ0n) is 4.50. The summed E-state index contributed by atoms with van der Waals surface area (Å²) in [4.78, 5) is 9.62. The van der Waals surface area contributed by atoms with Crippen molar-refractivity contribution in [2.75, 3.05) is 0 Å². The second-order valence-corrected chi connectivity index (χ2v) is 0.933. The Kier molecular flexibility index (Phi) is 8.66. The van der Waals surface area contributed by atoms with Crippen LogP contribution in [0.2, 0.25) is 0 Å². The number of rotatable bonds is 2. The van der Waals surface area contributed by atoms with Gasteiger partial charge in [0.2, 0.25) is 0 Å². The normalized spacial score (nSPS) is 8.00. The maximum absolute atomic E-state index is 9.62. The van der Waals surface area contributed by atoms with Crippen LogP contribution in [0.15, 0.2) is 24.8 Å². The summed E-state index contributed by atoms with van der Waals surface area (Å²) in [5, 5.41) is 7.91. The Morgan fingerprint density at radius 3 is 2.25 bits per heavy atom. The molecule has 0 saturated carbocycles. The molecule has 40 valence electrons. The minimum atomic E-state index is -0.945. The zero-order chi connectivity index (χ0) is 5.70. The Balaban J connectivity index is 0. The molecule has 0 aromatic rings. The number of carboxylic acid groups (broad SMARTS) is 1. The molecule has 3 heteroatoms. The van der Waals surface area contributed by atoms with E-state index in [2.05, 4.69) is 6.58 Å². The van der Waals surface area contributed by atoms with Crippen molar-refractivity contribution in [3.8, 4) is 0 Å². The first-order chi connectivity index (χ1) is 3.27. The zero-order valence-corrected chi connectivity index (χ0v) is 7.47. The summed E-state index contributed by atoms with van der Waals surface area (Å²) in [6.45, 7) is 3.28. The van der Waals surface area contributed by atoms with Gasteiger partial charge in [0.25, 0.3) is 0 Å². The van der Waals surface area contributed by atoms with Crippen molar-refractivity contribution in [2.24, 2.45) is 0 Å². The van der Waals surface area contributed by atoms with Crippen LogP contribution in [-0.4, -0.2) is 11.1 Å². The number of hydrogen-bond donors (Lipinski definition) is 1.